The van der Waals surface area contributed by atoms with Crippen LogP contribution in [0.3, 0.4) is 0 Å². The summed E-state index contributed by atoms with van der Waals surface area (Å²) in [4.78, 5) is 1.85. The number of rotatable bonds is 4. The largest absolute Gasteiger partial charge is 0.367 e. The highest BCUT2D eigenvalue weighted by molar-refractivity contribution is 7.88. The summed E-state index contributed by atoms with van der Waals surface area (Å²) in [6.45, 7) is 1.43. The lowest BCUT2D eigenvalue weighted by molar-refractivity contribution is 0.382. The van der Waals surface area contributed by atoms with Gasteiger partial charge in [-0.15, -0.1) is 0 Å². The number of piperazine rings is 1. The third-order valence-corrected chi connectivity index (χ3v) is 6.73. The highest BCUT2D eigenvalue weighted by Crippen LogP contribution is 2.28. The van der Waals surface area contributed by atoms with Crippen molar-refractivity contribution in [2.75, 3.05) is 31.1 Å². The maximum atomic E-state index is 13.9. The van der Waals surface area contributed by atoms with E-state index in [0.29, 0.717) is 47.5 Å². The molecule has 0 saturated carbocycles. The molecule has 4 nitrogen and oxygen atoms in total. The number of hydrogen-bond donors (Lipinski definition) is 0. The number of benzene rings is 2. The van der Waals surface area contributed by atoms with Crippen LogP contribution >= 0.6 is 23.2 Å². The van der Waals surface area contributed by atoms with Crippen molar-refractivity contribution in [3.05, 3.63) is 63.9 Å². The van der Waals surface area contributed by atoms with Gasteiger partial charge in [-0.05, 0) is 24.3 Å². The minimum Gasteiger partial charge on any atom is -0.367 e. The van der Waals surface area contributed by atoms with E-state index in [1.54, 1.807) is 36.4 Å². The van der Waals surface area contributed by atoms with Gasteiger partial charge in [0.15, 0.2) is 0 Å². The van der Waals surface area contributed by atoms with Gasteiger partial charge < -0.3 is 4.90 Å². The maximum Gasteiger partial charge on any atom is 0.218 e. The monoisotopic (exact) mass is 402 g/mol. The van der Waals surface area contributed by atoms with Crippen molar-refractivity contribution in [2.45, 2.75) is 5.75 Å². The maximum absolute atomic E-state index is 13.9. The Labute approximate surface area is 156 Å². The van der Waals surface area contributed by atoms with Crippen molar-refractivity contribution in [3.8, 4) is 0 Å². The highest BCUT2D eigenvalue weighted by atomic mass is 35.5. The Bertz CT molecular complexity index is 848. The average molecular weight is 403 g/mol. The number of sulfonamides is 1. The molecule has 1 aliphatic heterocycles. The van der Waals surface area contributed by atoms with Crippen LogP contribution in [0.25, 0.3) is 0 Å². The summed E-state index contributed by atoms with van der Waals surface area (Å²) in [5, 5.41) is 0.669. The molecular weight excluding hydrogens is 386 g/mol. The molecule has 1 aliphatic rings. The number of halogens is 3. The molecule has 0 bridgehead atoms. The topological polar surface area (TPSA) is 40.6 Å². The summed E-state index contributed by atoms with van der Waals surface area (Å²) in [5.41, 5.74) is 0.899. The fourth-order valence-electron chi connectivity index (χ4n) is 2.86. The predicted molar refractivity (Wildman–Crippen MR) is 99.3 cm³/mol. The Balaban J connectivity index is 1.71. The Morgan fingerprint density at radius 2 is 1.52 bits per heavy atom. The first-order valence-corrected chi connectivity index (χ1v) is 10.2. The first-order chi connectivity index (χ1) is 11.9. The van der Waals surface area contributed by atoms with E-state index in [1.807, 2.05) is 4.90 Å². The quantitative estimate of drug-likeness (QED) is 0.780. The molecule has 2 aromatic rings. The molecule has 0 unspecified atom stereocenters. The number of hydrogen-bond acceptors (Lipinski definition) is 3. The third kappa shape index (κ3) is 4.08. The summed E-state index contributed by atoms with van der Waals surface area (Å²) < 4.78 is 40.7. The van der Waals surface area contributed by atoms with Gasteiger partial charge in [0.2, 0.25) is 10.0 Å². The summed E-state index contributed by atoms with van der Waals surface area (Å²) in [6, 6.07) is 11.4. The van der Waals surface area contributed by atoms with Crippen LogP contribution in [-0.4, -0.2) is 38.9 Å². The van der Waals surface area contributed by atoms with Crippen molar-refractivity contribution >= 4 is 38.9 Å². The second kappa shape index (κ2) is 7.50. The first-order valence-electron chi connectivity index (χ1n) is 7.78. The molecule has 1 heterocycles. The lowest BCUT2D eigenvalue weighted by Crippen LogP contribution is -2.49. The van der Waals surface area contributed by atoms with Crippen molar-refractivity contribution in [2.24, 2.45) is 0 Å². The zero-order chi connectivity index (χ0) is 18.0. The van der Waals surface area contributed by atoms with Crippen molar-refractivity contribution in [1.82, 2.24) is 4.31 Å². The molecule has 2 aromatic carbocycles. The van der Waals surface area contributed by atoms with Crippen LogP contribution in [0.4, 0.5) is 10.1 Å². The highest BCUT2D eigenvalue weighted by Gasteiger charge is 2.29. The van der Waals surface area contributed by atoms with Gasteiger partial charge in [0.1, 0.15) is 5.82 Å². The standard InChI is InChI=1S/C17H17Cl2FN2O2S/c18-14-4-3-5-15(19)13(14)12-25(23,24)22-10-8-21(9-11-22)17-7-2-1-6-16(17)20/h1-7H,8-12H2. The molecule has 3 rings (SSSR count). The van der Waals surface area contributed by atoms with Crippen LogP contribution in [0, 0.1) is 5.82 Å². The van der Waals surface area contributed by atoms with Gasteiger partial charge >= 0.3 is 0 Å². The third-order valence-electron chi connectivity index (χ3n) is 4.21. The predicted octanol–water partition coefficient (Wildman–Crippen LogP) is 3.78. The first kappa shape index (κ1) is 18.5. The molecule has 25 heavy (non-hydrogen) atoms. The fraction of sp³-hybridized carbons (Fsp3) is 0.294. The summed E-state index contributed by atoms with van der Waals surface area (Å²) in [6.07, 6.45) is 0. The normalized spacial score (nSPS) is 16.2. The number of nitrogens with zero attached hydrogens (tertiary/aromatic N) is 2. The number of anilines is 1. The van der Waals surface area contributed by atoms with Crippen molar-refractivity contribution < 1.29 is 12.8 Å². The van der Waals surface area contributed by atoms with Gasteiger partial charge in [0.05, 0.1) is 11.4 Å². The zero-order valence-electron chi connectivity index (χ0n) is 13.3. The minimum absolute atomic E-state index is 0.245. The fourth-order valence-corrected chi connectivity index (χ4v) is 5.13. The van der Waals surface area contributed by atoms with Crippen molar-refractivity contribution in [1.29, 1.82) is 0 Å². The van der Waals surface area contributed by atoms with Gasteiger partial charge in [0.25, 0.3) is 0 Å². The minimum atomic E-state index is -3.55. The Kier molecular flexibility index (Phi) is 5.53. The molecule has 0 aliphatic carbocycles. The molecule has 0 aromatic heterocycles. The van der Waals surface area contributed by atoms with E-state index in [1.165, 1.54) is 10.4 Å². The van der Waals surface area contributed by atoms with Crippen LogP contribution in [0.1, 0.15) is 5.56 Å². The molecule has 0 N–H and O–H groups in total. The van der Waals surface area contributed by atoms with Gasteiger partial charge in [0, 0.05) is 41.8 Å². The molecule has 1 fully saturated rings. The SMILES string of the molecule is O=S(=O)(Cc1c(Cl)cccc1Cl)N1CCN(c2ccccc2F)CC1. The van der Waals surface area contributed by atoms with Crippen LogP contribution in [0.2, 0.25) is 10.0 Å². The van der Waals surface area contributed by atoms with Gasteiger partial charge in [-0.2, -0.15) is 4.31 Å². The van der Waals surface area contributed by atoms with Crippen LogP contribution in [0.15, 0.2) is 42.5 Å². The lowest BCUT2D eigenvalue weighted by Gasteiger charge is -2.35. The smallest absolute Gasteiger partial charge is 0.218 e. The summed E-state index contributed by atoms with van der Waals surface area (Å²) in [7, 11) is -3.55. The molecule has 0 spiro atoms. The molecule has 134 valence electrons. The van der Waals surface area contributed by atoms with E-state index in [-0.39, 0.29) is 11.6 Å². The molecular formula is C17H17Cl2FN2O2S. The zero-order valence-corrected chi connectivity index (χ0v) is 15.7. The van der Waals surface area contributed by atoms with Crippen LogP contribution in [-0.2, 0) is 15.8 Å². The Morgan fingerprint density at radius 3 is 2.12 bits per heavy atom. The van der Waals surface area contributed by atoms with Crippen LogP contribution in [0.5, 0.6) is 0 Å². The lowest BCUT2D eigenvalue weighted by atomic mass is 10.2. The molecule has 1 saturated heterocycles. The molecule has 0 atom stereocenters. The molecule has 0 amide bonds. The second-order valence-electron chi connectivity index (χ2n) is 5.79. The summed E-state index contributed by atoms with van der Waals surface area (Å²) in [5.74, 6) is -0.549. The molecule has 8 heteroatoms. The molecule has 0 radical (unpaired) electrons. The van der Waals surface area contributed by atoms with Crippen molar-refractivity contribution in [3.63, 3.8) is 0 Å². The average Bonchev–Trinajstić information content (AvgIpc) is 2.59. The number of para-hydroxylation sites is 1. The van der Waals surface area contributed by atoms with E-state index >= 15 is 0 Å². The Hall–Kier alpha value is -1.34. The van der Waals surface area contributed by atoms with Gasteiger partial charge in [-0.3, -0.25) is 0 Å². The van der Waals surface area contributed by atoms with E-state index < -0.39 is 10.0 Å². The van der Waals surface area contributed by atoms with E-state index in [0.717, 1.165) is 0 Å². The van der Waals surface area contributed by atoms with Gasteiger partial charge in [-0.1, -0.05) is 41.4 Å². The van der Waals surface area contributed by atoms with E-state index in [2.05, 4.69) is 0 Å². The van der Waals surface area contributed by atoms with Gasteiger partial charge in [-0.25, -0.2) is 12.8 Å². The van der Waals surface area contributed by atoms with Crippen LogP contribution < -0.4 is 4.90 Å². The second-order valence-corrected chi connectivity index (χ2v) is 8.58. The summed E-state index contributed by atoms with van der Waals surface area (Å²) >= 11 is 12.2. The Morgan fingerprint density at radius 1 is 0.920 bits per heavy atom. The van der Waals surface area contributed by atoms with E-state index in [4.69, 9.17) is 23.2 Å². The van der Waals surface area contributed by atoms with E-state index in [9.17, 15) is 12.8 Å².